The van der Waals surface area contributed by atoms with Crippen molar-refractivity contribution in [2.45, 2.75) is 38.8 Å². The fourth-order valence-corrected chi connectivity index (χ4v) is 4.89. The van der Waals surface area contributed by atoms with Gasteiger partial charge in [0.1, 0.15) is 0 Å². The summed E-state index contributed by atoms with van der Waals surface area (Å²) in [7, 11) is 0. The molecule has 1 N–H and O–H groups in total. The molecular formula is C26H30F3N3O. The van der Waals surface area contributed by atoms with E-state index < -0.39 is 17.7 Å². The van der Waals surface area contributed by atoms with Crippen LogP contribution < -0.4 is 0 Å². The van der Waals surface area contributed by atoms with Crippen LogP contribution in [0.15, 0.2) is 48.7 Å². The van der Waals surface area contributed by atoms with E-state index in [4.69, 9.17) is 0 Å². The Labute approximate surface area is 192 Å². The lowest BCUT2D eigenvalue weighted by molar-refractivity contribution is -0.139. The Balaban J connectivity index is 1.76. The van der Waals surface area contributed by atoms with Crippen molar-refractivity contribution < 1.29 is 18.0 Å². The number of fused-ring (bicyclic) bond motifs is 1. The van der Waals surface area contributed by atoms with E-state index in [1.165, 1.54) is 12.1 Å². The summed E-state index contributed by atoms with van der Waals surface area (Å²) >= 11 is 0. The molecule has 3 aromatic rings. The third-order valence-corrected chi connectivity index (χ3v) is 6.78. The molecule has 33 heavy (non-hydrogen) atoms. The number of aryl methyl sites for hydroxylation is 1. The lowest BCUT2D eigenvalue weighted by Crippen LogP contribution is -2.48. The van der Waals surface area contributed by atoms with Crippen molar-refractivity contribution in [2.24, 2.45) is 0 Å². The molecule has 0 bridgehead atoms. The summed E-state index contributed by atoms with van der Waals surface area (Å²) in [5.74, 6) is -0.797. The summed E-state index contributed by atoms with van der Waals surface area (Å²) in [6, 6.07) is 11.5. The van der Waals surface area contributed by atoms with E-state index in [1.807, 2.05) is 25.1 Å². The number of benzene rings is 2. The molecule has 1 fully saturated rings. The summed E-state index contributed by atoms with van der Waals surface area (Å²) < 4.78 is 41.8. The lowest BCUT2D eigenvalue weighted by atomic mass is 9.84. The second kappa shape index (κ2) is 9.59. The lowest BCUT2D eigenvalue weighted by Gasteiger charge is -2.35. The molecular weight excluding hydrogens is 427 g/mol. The van der Waals surface area contributed by atoms with Crippen LogP contribution in [-0.4, -0.2) is 53.4 Å². The number of halogens is 3. The Kier molecular flexibility index (Phi) is 6.79. The summed E-state index contributed by atoms with van der Waals surface area (Å²) in [5.41, 5.74) is 2.22. The molecule has 0 aliphatic carbocycles. The number of aromatic nitrogens is 1. The van der Waals surface area contributed by atoms with Crippen LogP contribution in [0.2, 0.25) is 0 Å². The van der Waals surface area contributed by atoms with Crippen LogP contribution in [-0.2, 0) is 17.4 Å². The number of carbonyl (C=O) groups is 1. The number of H-pyrrole nitrogens is 1. The number of likely N-dealkylation sites (N-methyl/N-ethyl adjacent to an activating group) is 1. The zero-order chi connectivity index (χ0) is 23.6. The maximum absolute atomic E-state index is 13.9. The number of nitrogens with one attached hydrogen (secondary N) is 1. The number of amides is 1. The molecule has 0 saturated carbocycles. The highest BCUT2D eigenvalue weighted by atomic mass is 19.4. The largest absolute Gasteiger partial charge is 0.416 e. The summed E-state index contributed by atoms with van der Waals surface area (Å²) in [4.78, 5) is 20.6. The molecule has 4 rings (SSSR count). The number of hydrogen-bond acceptors (Lipinski definition) is 2. The maximum atomic E-state index is 13.9. The summed E-state index contributed by atoms with van der Waals surface area (Å²) in [6.07, 6.45) is -1.90. The number of nitrogens with zero attached hydrogens (tertiary/aromatic N) is 2. The Morgan fingerprint density at radius 1 is 1.00 bits per heavy atom. The van der Waals surface area contributed by atoms with Gasteiger partial charge in [-0.3, -0.25) is 4.79 Å². The van der Waals surface area contributed by atoms with Crippen LogP contribution in [0.1, 0.15) is 48.4 Å². The SMILES string of the molecule is CCc1cccc2c(C(CC(=O)N3CCN(CC)CC3)c3ccccc3C(F)(F)F)c[nH]c12. The van der Waals surface area contributed by atoms with Crippen LogP contribution in [0.5, 0.6) is 0 Å². The highest BCUT2D eigenvalue weighted by Crippen LogP contribution is 2.41. The average Bonchev–Trinajstić information content (AvgIpc) is 3.26. The average molecular weight is 458 g/mol. The number of aromatic amines is 1. The minimum Gasteiger partial charge on any atom is -0.361 e. The van der Waals surface area contributed by atoms with E-state index in [-0.39, 0.29) is 17.9 Å². The number of para-hydroxylation sites is 1. The number of carbonyl (C=O) groups excluding carboxylic acids is 1. The van der Waals surface area contributed by atoms with Gasteiger partial charge in [0.05, 0.1) is 5.56 Å². The van der Waals surface area contributed by atoms with E-state index in [1.54, 1.807) is 17.2 Å². The predicted octanol–water partition coefficient (Wildman–Crippen LogP) is 5.44. The van der Waals surface area contributed by atoms with Gasteiger partial charge in [0.2, 0.25) is 5.91 Å². The van der Waals surface area contributed by atoms with Gasteiger partial charge in [0.25, 0.3) is 0 Å². The molecule has 1 atom stereocenters. The number of hydrogen-bond donors (Lipinski definition) is 1. The molecule has 0 spiro atoms. The zero-order valence-electron chi connectivity index (χ0n) is 19.1. The monoisotopic (exact) mass is 457 g/mol. The Morgan fingerprint density at radius 2 is 1.73 bits per heavy atom. The minimum absolute atomic E-state index is 0.00250. The highest BCUT2D eigenvalue weighted by molar-refractivity contribution is 5.88. The van der Waals surface area contributed by atoms with Gasteiger partial charge < -0.3 is 14.8 Å². The van der Waals surface area contributed by atoms with Gasteiger partial charge in [-0.25, -0.2) is 0 Å². The number of rotatable bonds is 6. The van der Waals surface area contributed by atoms with Gasteiger partial charge in [-0.05, 0) is 35.7 Å². The molecule has 2 aromatic carbocycles. The second-order valence-corrected chi connectivity index (χ2v) is 8.59. The topological polar surface area (TPSA) is 39.3 Å². The third kappa shape index (κ3) is 4.78. The van der Waals surface area contributed by atoms with Crippen LogP contribution in [0.3, 0.4) is 0 Å². The van der Waals surface area contributed by atoms with Crippen molar-refractivity contribution >= 4 is 16.8 Å². The van der Waals surface area contributed by atoms with Crippen molar-refractivity contribution in [3.63, 3.8) is 0 Å². The Hall–Kier alpha value is -2.80. The first kappa shape index (κ1) is 23.4. The van der Waals surface area contributed by atoms with Gasteiger partial charge in [-0.2, -0.15) is 13.2 Å². The molecule has 2 heterocycles. The first-order valence-corrected chi connectivity index (χ1v) is 11.6. The van der Waals surface area contributed by atoms with E-state index >= 15 is 0 Å². The van der Waals surface area contributed by atoms with Crippen LogP contribution in [0.4, 0.5) is 13.2 Å². The molecule has 4 nitrogen and oxygen atoms in total. The van der Waals surface area contributed by atoms with E-state index in [0.717, 1.165) is 54.2 Å². The maximum Gasteiger partial charge on any atom is 0.416 e. The molecule has 0 radical (unpaired) electrons. The minimum atomic E-state index is -4.49. The number of piperazine rings is 1. The third-order valence-electron chi connectivity index (χ3n) is 6.78. The molecule has 176 valence electrons. The predicted molar refractivity (Wildman–Crippen MR) is 124 cm³/mol. The summed E-state index contributed by atoms with van der Waals surface area (Å²) in [6.45, 7) is 7.85. The van der Waals surface area contributed by atoms with Gasteiger partial charge >= 0.3 is 6.18 Å². The smallest absolute Gasteiger partial charge is 0.361 e. The van der Waals surface area contributed by atoms with Gasteiger partial charge in [0.15, 0.2) is 0 Å². The van der Waals surface area contributed by atoms with Gasteiger partial charge in [-0.15, -0.1) is 0 Å². The van der Waals surface area contributed by atoms with Crippen molar-refractivity contribution in [3.8, 4) is 0 Å². The van der Waals surface area contributed by atoms with Gasteiger partial charge in [-0.1, -0.05) is 50.2 Å². The second-order valence-electron chi connectivity index (χ2n) is 8.59. The van der Waals surface area contributed by atoms with Crippen LogP contribution in [0, 0.1) is 0 Å². The van der Waals surface area contributed by atoms with E-state index in [0.29, 0.717) is 13.1 Å². The highest BCUT2D eigenvalue weighted by Gasteiger charge is 2.37. The number of alkyl halides is 3. The Bertz CT molecular complexity index is 1110. The standard InChI is InChI=1S/C26H30F3N3O/c1-3-18-8-7-10-20-22(17-30-25(18)20)21(19-9-5-6-11-23(19)26(27,28)29)16-24(33)32-14-12-31(4-2)13-15-32/h5-11,17,21,30H,3-4,12-16H2,1-2H3. The molecule has 1 aromatic heterocycles. The van der Waals surface area contributed by atoms with E-state index in [2.05, 4.69) is 16.8 Å². The molecule has 7 heteroatoms. The van der Waals surface area contributed by atoms with Crippen LogP contribution in [0.25, 0.3) is 10.9 Å². The Morgan fingerprint density at radius 3 is 2.39 bits per heavy atom. The van der Waals surface area contributed by atoms with E-state index in [9.17, 15) is 18.0 Å². The molecule has 1 amide bonds. The molecule has 1 saturated heterocycles. The first-order chi connectivity index (χ1) is 15.8. The zero-order valence-corrected chi connectivity index (χ0v) is 19.1. The first-order valence-electron chi connectivity index (χ1n) is 11.6. The van der Waals surface area contributed by atoms with Crippen molar-refractivity contribution in [2.75, 3.05) is 32.7 Å². The molecule has 1 aliphatic heterocycles. The quantitative estimate of drug-likeness (QED) is 0.536. The normalized spacial score (nSPS) is 16.3. The van der Waals surface area contributed by atoms with Crippen molar-refractivity contribution in [1.29, 1.82) is 0 Å². The fourth-order valence-electron chi connectivity index (χ4n) is 4.89. The van der Waals surface area contributed by atoms with Crippen LogP contribution >= 0.6 is 0 Å². The van der Waals surface area contributed by atoms with Gasteiger partial charge in [0, 0.05) is 55.6 Å². The molecule has 1 unspecified atom stereocenters. The van der Waals surface area contributed by atoms with Crippen molar-refractivity contribution in [3.05, 3.63) is 70.9 Å². The summed E-state index contributed by atoms with van der Waals surface area (Å²) in [5, 5.41) is 0.875. The molecule has 1 aliphatic rings. The fraction of sp³-hybridized carbons (Fsp3) is 0.423. The van der Waals surface area contributed by atoms with Crippen molar-refractivity contribution in [1.82, 2.24) is 14.8 Å².